The van der Waals surface area contributed by atoms with Crippen molar-refractivity contribution in [1.82, 2.24) is 0 Å². The molecule has 0 aliphatic rings. The van der Waals surface area contributed by atoms with Crippen LogP contribution in [0.1, 0.15) is 17.0 Å². The summed E-state index contributed by atoms with van der Waals surface area (Å²) in [6.45, 7) is 0. The molecular weight excluding hydrogens is 334 g/mol. The highest BCUT2D eigenvalue weighted by atomic mass is 35.5. The molecule has 3 N–H and O–H groups in total. The van der Waals surface area contributed by atoms with Crippen LogP contribution in [0.3, 0.4) is 0 Å². The van der Waals surface area contributed by atoms with Gasteiger partial charge in [-0.2, -0.15) is 0 Å². The van der Waals surface area contributed by atoms with Crippen LogP contribution in [0, 0.1) is 5.82 Å². The van der Waals surface area contributed by atoms with Gasteiger partial charge in [0.2, 0.25) is 0 Å². The van der Waals surface area contributed by atoms with Crippen molar-refractivity contribution in [2.45, 2.75) is 12.3 Å². The number of carbonyl (C=O) groups is 1. The molecule has 0 radical (unpaired) electrons. The lowest BCUT2D eigenvalue weighted by Crippen LogP contribution is -2.14. The molecule has 2 rings (SSSR count). The Morgan fingerprint density at radius 3 is 2.27 bits per heavy atom. The number of hydrogen-bond acceptors (Lipinski definition) is 3. The zero-order chi connectivity index (χ0) is 16.4. The minimum absolute atomic E-state index is 0.0963. The smallest absolute Gasteiger partial charge is 0.311 e. The number of phenols is 2. The number of hydrogen-bond donors (Lipinski definition) is 3. The minimum atomic E-state index is -1.15. The van der Waals surface area contributed by atoms with Crippen LogP contribution in [-0.2, 0) is 11.2 Å². The van der Waals surface area contributed by atoms with Crippen LogP contribution in [0.15, 0.2) is 30.3 Å². The van der Waals surface area contributed by atoms with Crippen LogP contribution in [0.2, 0.25) is 10.0 Å². The second kappa shape index (κ2) is 6.42. The molecule has 0 saturated heterocycles. The van der Waals surface area contributed by atoms with Gasteiger partial charge in [-0.25, -0.2) is 4.39 Å². The largest absolute Gasteiger partial charge is 0.506 e. The second-order valence-corrected chi connectivity index (χ2v) is 5.46. The van der Waals surface area contributed by atoms with Crippen LogP contribution < -0.4 is 0 Å². The number of aliphatic carboxylic acids is 1. The zero-order valence-electron chi connectivity index (χ0n) is 11.1. The van der Waals surface area contributed by atoms with Gasteiger partial charge in [-0.3, -0.25) is 4.79 Å². The van der Waals surface area contributed by atoms with Gasteiger partial charge in [0.15, 0.2) is 5.75 Å². The van der Waals surface area contributed by atoms with E-state index in [-0.39, 0.29) is 22.0 Å². The molecule has 7 heteroatoms. The van der Waals surface area contributed by atoms with E-state index in [0.29, 0.717) is 5.56 Å². The van der Waals surface area contributed by atoms with Crippen LogP contribution in [0.4, 0.5) is 4.39 Å². The third-order valence-electron chi connectivity index (χ3n) is 3.24. The number of aromatic hydroxyl groups is 2. The van der Waals surface area contributed by atoms with Crippen molar-refractivity contribution in [2.24, 2.45) is 0 Å². The van der Waals surface area contributed by atoms with Crippen LogP contribution in [0.5, 0.6) is 11.5 Å². The van der Waals surface area contributed by atoms with Crippen molar-refractivity contribution < 1.29 is 24.5 Å². The maximum Gasteiger partial charge on any atom is 0.311 e. The maximum absolute atomic E-state index is 12.9. The van der Waals surface area contributed by atoms with E-state index >= 15 is 0 Å². The summed E-state index contributed by atoms with van der Waals surface area (Å²) in [5, 5.41) is 28.4. The summed E-state index contributed by atoms with van der Waals surface area (Å²) in [6.07, 6.45) is -0.119. The van der Waals surface area contributed by atoms with Crippen molar-refractivity contribution in [3.05, 3.63) is 57.3 Å². The summed E-state index contributed by atoms with van der Waals surface area (Å²) in [5.41, 5.74) is 0.540. The first-order chi connectivity index (χ1) is 10.3. The van der Waals surface area contributed by atoms with E-state index in [1.807, 2.05) is 0 Å². The summed E-state index contributed by atoms with van der Waals surface area (Å²) < 4.78 is 12.9. The third kappa shape index (κ3) is 3.26. The predicted octanol–water partition coefficient (Wildman–Crippen LogP) is 3.95. The average molecular weight is 345 g/mol. The highest BCUT2D eigenvalue weighted by Crippen LogP contribution is 2.42. The Hall–Kier alpha value is -1.98. The molecule has 0 fully saturated rings. The van der Waals surface area contributed by atoms with Crippen LogP contribution in [0.25, 0.3) is 0 Å². The van der Waals surface area contributed by atoms with Gasteiger partial charge in [-0.15, -0.1) is 0 Å². The highest BCUT2D eigenvalue weighted by Gasteiger charge is 2.24. The Balaban J connectivity index is 2.41. The molecule has 4 nitrogen and oxygen atoms in total. The second-order valence-electron chi connectivity index (χ2n) is 4.68. The lowest BCUT2D eigenvalue weighted by atomic mass is 9.91. The third-order valence-corrected chi connectivity index (χ3v) is 3.89. The molecule has 0 saturated carbocycles. The Labute approximate surface area is 135 Å². The van der Waals surface area contributed by atoms with Crippen molar-refractivity contribution >= 4 is 29.2 Å². The molecule has 2 aromatic rings. The Morgan fingerprint density at radius 1 is 1.14 bits per heavy atom. The molecule has 22 heavy (non-hydrogen) atoms. The molecule has 1 unspecified atom stereocenters. The van der Waals surface area contributed by atoms with E-state index in [0.717, 1.165) is 12.1 Å². The first kappa shape index (κ1) is 16.4. The monoisotopic (exact) mass is 344 g/mol. The van der Waals surface area contributed by atoms with E-state index in [1.54, 1.807) is 0 Å². The number of benzene rings is 2. The summed E-state index contributed by atoms with van der Waals surface area (Å²) >= 11 is 11.5. The van der Waals surface area contributed by atoms with Gasteiger partial charge in [0, 0.05) is 0 Å². The fourth-order valence-corrected chi connectivity index (χ4v) is 2.56. The molecule has 0 heterocycles. The maximum atomic E-state index is 12.9. The molecule has 0 amide bonds. The normalized spacial score (nSPS) is 12.1. The summed E-state index contributed by atoms with van der Waals surface area (Å²) in [4.78, 5) is 11.4. The molecular formula is C15H11Cl2FO4. The standard InChI is InChI=1S/C15H11Cl2FO4/c16-11-6-8(13(19)12(17)14(11)20)5-10(15(21)22)7-1-3-9(18)4-2-7/h1-4,6,10,19-20H,5H2,(H,21,22). The van der Waals surface area contributed by atoms with Gasteiger partial charge in [-0.1, -0.05) is 35.3 Å². The number of carboxylic acid groups (broad SMARTS) is 1. The lowest BCUT2D eigenvalue weighted by molar-refractivity contribution is -0.138. The van der Waals surface area contributed by atoms with Gasteiger partial charge >= 0.3 is 5.97 Å². The Morgan fingerprint density at radius 2 is 1.73 bits per heavy atom. The zero-order valence-corrected chi connectivity index (χ0v) is 12.6. The molecule has 116 valence electrons. The molecule has 0 bridgehead atoms. The lowest BCUT2D eigenvalue weighted by Gasteiger charge is -2.15. The van der Waals surface area contributed by atoms with Gasteiger partial charge in [0.1, 0.15) is 16.6 Å². The predicted molar refractivity (Wildman–Crippen MR) is 80.3 cm³/mol. The fraction of sp³-hybridized carbons (Fsp3) is 0.133. The molecule has 0 spiro atoms. The van der Waals surface area contributed by atoms with Crippen LogP contribution >= 0.6 is 23.2 Å². The number of halogens is 3. The minimum Gasteiger partial charge on any atom is -0.506 e. The van der Waals surface area contributed by atoms with E-state index in [4.69, 9.17) is 23.2 Å². The highest BCUT2D eigenvalue weighted by molar-refractivity contribution is 6.38. The van der Waals surface area contributed by atoms with E-state index < -0.39 is 29.2 Å². The first-order valence-corrected chi connectivity index (χ1v) is 6.94. The molecule has 2 aromatic carbocycles. The van der Waals surface area contributed by atoms with Gasteiger partial charge in [-0.05, 0) is 35.7 Å². The molecule has 0 aliphatic carbocycles. The van der Waals surface area contributed by atoms with Crippen molar-refractivity contribution in [3.8, 4) is 11.5 Å². The van der Waals surface area contributed by atoms with Crippen molar-refractivity contribution in [3.63, 3.8) is 0 Å². The Bertz CT molecular complexity index is 716. The SMILES string of the molecule is O=C(O)C(Cc1cc(Cl)c(O)c(Cl)c1O)c1ccc(F)cc1. The summed E-state index contributed by atoms with van der Waals surface area (Å²) in [7, 11) is 0. The van der Waals surface area contributed by atoms with Crippen molar-refractivity contribution in [1.29, 1.82) is 0 Å². The van der Waals surface area contributed by atoms with Gasteiger partial charge in [0.25, 0.3) is 0 Å². The summed E-state index contributed by atoms with van der Waals surface area (Å²) in [6, 6.07) is 6.27. The number of phenolic OH excluding ortho intramolecular Hbond substituents is 2. The topological polar surface area (TPSA) is 77.8 Å². The van der Waals surface area contributed by atoms with Crippen LogP contribution in [-0.4, -0.2) is 21.3 Å². The van der Waals surface area contributed by atoms with E-state index in [9.17, 15) is 24.5 Å². The quantitative estimate of drug-likeness (QED) is 0.784. The van der Waals surface area contributed by atoms with Gasteiger partial charge < -0.3 is 15.3 Å². The molecule has 0 aliphatic heterocycles. The Kier molecular flexibility index (Phi) is 4.78. The van der Waals surface area contributed by atoms with Crippen molar-refractivity contribution in [2.75, 3.05) is 0 Å². The molecule has 1 atom stereocenters. The summed E-state index contributed by atoms with van der Waals surface area (Å²) in [5.74, 6) is -3.56. The fourth-order valence-electron chi connectivity index (χ4n) is 2.07. The molecule has 0 aromatic heterocycles. The number of rotatable bonds is 4. The first-order valence-electron chi connectivity index (χ1n) is 6.18. The van der Waals surface area contributed by atoms with Gasteiger partial charge in [0.05, 0.1) is 10.9 Å². The van der Waals surface area contributed by atoms with E-state index in [2.05, 4.69) is 0 Å². The average Bonchev–Trinajstić information content (AvgIpc) is 2.48. The number of carboxylic acids is 1. The van der Waals surface area contributed by atoms with E-state index in [1.165, 1.54) is 18.2 Å².